The number of nitrogen functional groups attached to an aromatic ring is 1. The highest BCUT2D eigenvalue weighted by molar-refractivity contribution is 7.98. The van der Waals surface area contributed by atoms with Gasteiger partial charge in [-0.15, -0.1) is 15.3 Å². The van der Waals surface area contributed by atoms with E-state index < -0.39 is 17.5 Å². The minimum absolute atomic E-state index is 0.0375. The zero-order valence-electron chi connectivity index (χ0n) is 16.2. The SMILES string of the molecule is Cn1cnnc1SCc1c(C(=O)N/N=C/c2cc(F)ccc2F)nnn1-c1nonc1N. The summed E-state index contributed by atoms with van der Waals surface area (Å²) in [7, 11) is 1.76. The molecule has 0 radical (unpaired) electrons. The third kappa shape index (κ3) is 4.29. The van der Waals surface area contributed by atoms with Crippen molar-refractivity contribution in [3.8, 4) is 5.82 Å². The lowest BCUT2D eigenvalue weighted by Crippen LogP contribution is -2.20. The first-order valence-corrected chi connectivity index (χ1v) is 9.71. The van der Waals surface area contributed by atoms with Gasteiger partial charge >= 0.3 is 0 Å². The molecular formula is C16H13F2N11O2S. The molecule has 3 N–H and O–H groups in total. The topological polar surface area (TPSA) is 168 Å². The minimum Gasteiger partial charge on any atom is -0.378 e. The van der Waals surface area contributed by atoms with E-state index in [1.807, 2.05) is 0 Å². The minimum atomic E-state index is -0.757. The number of nitrogens with zero attached hydrogens (tertiary/aromatic N) is 9. The van der Waals surface area contributed by atoms with Crippen molar-refractivity contribution in [2.75, 3.05) is 5.73 Å². The second kappa shape index (κ2) is 8.88. The molecule has 0 unspecified atom stereocenters. The van der Waals surface area contributed by atoms with Crippen LogP contribution in [0.3, 0.4) is 0 Å². The van der Waals surface area contributed by atoms with Crippen molar-refractivity contribution in [1.82, 2.24) is 45.5 Å². The number of halogens is 2. The molecule has 0 atom stereocenters. The van der Waals surface area contributed by atoms with Crippen molar-refractivity contribution in [2.24, 2.45) is 12.1 Å². The van der Waals surface area contributed by atoms with Crippen LogP contribution in [0.25, 0.3) is 5.82 Å². The number of carbonyl (C=O) groups excluding carboxylic acids is 1. The van der Waals surface area contributed by atoms with Crippen molar-refractivity contribution < 1.29 is 18.2 Å². The van der Waals surface area contributed by atoms with Crippen molar-refractivity contribution in [1.29, 1.82) is 0 Å². The van der Waals surface area contributed by atoms with Crippen LogP contribution in [0.4, 0.5) is 14.6 Å². The largest absolute Gasteiger partial charge is 0.378 e. The summed E-state index contributed by atoms with van der Waals surface area (Å²) < 4.78 is 34.4. The van der Waals surface area contributed by atoms with Gasteiger partial charge in [-0.3, -0.25) is 4.79 Å². The van der Waals surface area contributed by atoms with E-state index in [1.54, 1.807) is 11.6 Å². The smallest absolute Gasteiger partial charge is 0.293 e. The van der Waals surface area contributed by atoms with Crippen LogP contribution in [-0.4, -0.2) is 52.2 Å². The maximum absolute atomic E-state index is 13.7. The third-order valence-electron chi connectivity index (χ3n) is 4.01. The molecule has 4 rings (SSSR count). The number of thioether (sulfide) groups is 1. The van der Waals surface area contributed by atoms with Crippen LogP contribution in [0.2, 0.25) is 0 Å². The van der Waals surface area contributed by atoms with E-state index in [9.17, 15) is 13.6 Å². The Balaban J connectivity index is 1.59. The van der Waals surface area contributed by atoms with E-state index in [2.05, 4.69) is 46.0 Å². The standard InChI is InChI=1S/C16H13F2N11O2S/c1-28-7-21-24-16(28)32-6-11-12(22-27-29(11)14-13(19)25-31-26-14)15(30)23-20-5-8-4-9(17)2-3-10(8)18/h2-5,7H,6H2,1H3,(H2,19,25)(H,23,30)/b20-5+. The van der Waals surface area contributed by atoms with E-state index in [0.717, 1.165) is 24.4 Å². The molecule has 1 aromatic carbocycles. The van der Waals surface area contributed by atoms with E-state index in [1.165, 1.54) is 22.8 Å². The van der Waals surface area contributed by atoms with Gasteiger partial charge in [0.1, 0.15) is 18.0 Å². The van der Waals surface area contributed by atoms with E-state index in [0.29, 0.717) is 5.16 Å². The van der Waals surface area contributed by atoms with Gasteiger partial charge < -0.3 is 10.3 Å². The van der Waals surface area contributed by atoms with Gasteiger partial charge in [-0.25, -0.2) is 18.8 Å². The normalized spacial score (nSPS) is 11.3. The van der Waals surface area contributed by atoms with Crippen LogP contribution in [0, 0.1) is 11.6 Å². The number of carbonyl (C=O) groups is 1. The second-order valence-electron chi connectivity index (χ2n) is 6.15. The van der Waals surface area contributed by atoms with Crippen molar-refractivity contribution in [3.63, 3.8) is 0 Å². The van der Waals surface area contributed by atoms with Gasteiger partial charge in [-0.05, 0) is 28.5 Å². The van der Waals surface area contributed by atoms with Crippen LogP contribution in [0.15, 0.2) is 39.4 Å². The predicted molar refractivity (Wildman–Crippen MR) is 106 cm³/mol. The number of hydrogen-bond acceptors (Lipinski definition) is 11. The number of nitrogens with two attached hydrogens (primary N) is 1. The summed E-state index contributed by atoms with van der Waals surface area (Å²) in [5, 5.41) is 26.9. The van der Waals surface area contributed by atoms with E-state index >= 15 is 0 Å². The summed E-state index contributed by atoms with van der Waals surface area (Å²) in [6.45, 7) is 0. The third-order valence-corrected chi connectivity index (χ3v) is 5.06. The molecule has 0 bridgehead atoms. The molecule has 0 aliphatic heterocycles. The van der Waals surface area contributed by atoms with Gasteiger partial charge in [0.2, 0.25) is 11.6 Å². The molecule has 3 aromatic heterocycles. The number of nitrogens with one attached hydrogen (secondary N) is 1. The summed E-state index contributed by atoms with van der Waals surface area (Å²) in [5.74, 6) is -1.97. The highest BCUT2D eigenvalue weighted by Gasteiger charge is 2.24. The van der Waals surface area contributed by atoms with E-state index in [-0.39, 0.29) is 34.3 Å². The number of anilines is 1. The highest BCUT2D eigenvalue weighted by atomic mass is 32.2. The molecule has 0 saturated heterocycles. The Bertz CT molecular complexity index is 1300. The molecule has 13 nitrogen and oxygen atoms in total. The average Bonchev–Trinajstić information content (AvgIpc) is 3.48. The van der Waals surface area contributed by atoms with Crippen molar-refractivity contribution in [3.05, 3.63) is 53.1 Å². The number of aromatic nitrogens is 8. The van der Waals surface area contributed by atoms with Gasteiger partial charge in [0.25, 0.3) is 5.91 Å². The molecule has 0 fully saturated rings. The molecule has 32 heavy (non-hydrogen) atoms. The maximum Gasteiger partial charge on any atom is 0.293 e. The quantitative estimate of drug-likeness (QED) is 0.227. The molecule has 1 amide bonds. The molecule has 0 spiro atoms. The first-order valence-electron chi connectivity index (χ1n) is 8.72. The lowest BCUT2D eigenvalue weighted by atomic mass is 10.2. The molecule has 0 saturated carbocycles. The van der Waals surface area contributed by atoms with Crippen LogP contribution in [0.5, 0.6) is 0 Å². The van der Waals surface area contributed by atoms with Gasteiger partial charge in [-0.1, -0.05) is 17.0 Å². The summed E-state index contributed by atoms with van der Waals surface area (Å²) >= 11 is 1.24. The molecule has 164 valence electrons. The molecule has 3 heterocycles. The number of benzene rings is 1. The van der Waals surface area contributed by atoms with Crippen LogP contribution in [0.1, 0.15) is 21.7 Å². The average molecular weight is 461 g/mol. The number of aryl methyl sites for hydroxylation is 1. The van der Waals surface area contributed by atoms with Crippen LogP contribution in [-0.2, 0) is 12.8 Å². The fourth-order valence-electron chi connectivity index (χ4n) is 2.48. The Labute approximate surface area is 181 Å². The predicted octanol–water partition coefficient (Wildman–Crippen LogP) is 0.695. The zero-order valence-corrected chi connectivity index (χ0v) is 17.0. The van der Waals surface area contributed by atoms with E-state index in [4.69, 9.17) is 5.73 Å². The lowest BCUT2D eigenvalue weighted by Gasteiger charge is -2.05. The number of rotatable bonds is 7. The molecule has 4 aromatic rings. The van der Waals surface area contributed by atoms with Crippen molar-refractivity contribution in [2.45, 2.75) is 10.9 Å². The highest BCUT2D eigenvalue weighted by Crippen LogP contribution is 2.24. The lowest BCUT2D eigenvalue weighted by molar-refractivity contribution is 0.0949. The van der Waals surface area contributed by atoms with Gasteiger partial charge in [0.05, 0.1) is 11.9 Å². The van der Waals surface area contributed by atoms with Crippen LogP contribution >= 0.6 is 11.8 Å². The fraction of sp³-hybridized carbons (Fsp3) is 0.125. The first-order chi connectivity index (χ1) is 15.4. The Morgan fingerprint density at radius 1 is 1.34 bits per heavy atom. The van der Waals surface area contributed by atoms with Gasteiger partial charge in [0, 0.05) is 18.4 Å². The summed E-state index contributed by atoms with van der Waals surface area (Å²) in [5.41, 5.74) is 7.96. The maximum atomic E-state index is 13.7. The molecular weight excluding hydrogens is 448 g/mol. The van der Waals surface area contributed by atoms with Gasteiger partial charge in [-0.2, -0.15) is 9.78 Å². The summed E-state index contributed by atoms with van der Waals surface area (Å²) in [6.07, 6.45) is 2.49. The van der Waals surface area contributed by atoms with Crippen LogP contribution < -0.4 is 11.2 Å². The number of hydrazone groups is 1. The number of amides is 1. The molecule has 0 aliphatic carbocycles. The first kappa shape index (κ1) is 21.0. The number of hydrogen-bond donors (Lipinski definition) is 2. The molecule has 0 aliphatic rings. The Kier molecular flexibility index (Phi) is 5.84. The van der Waals surface area contributed by atoms with Gasteiger partial charge in [0.15, 0.2) is 10.9 Å². The summed E-state index contributed by atoms with van der Waals surface area (Å²) in [4.78, 5) is 12.7. The van der Waals surface area contributed by atoms with Crippen molar-refractivity contribution >= 4 is 29.7 Å². The Morgan fingerprint density at radius 3 is 2.91 bits per heavy atom. The zero-order chi connectivity index (χ0) is 22.7. The second-order valence-corrected chi connectivity index (χ2v) is 7.09. The Hall–Kier alpha value is -4.21. The monoisotopic (exact) mass is 461 g/mol. The summed E-state index contributed by atoms with van der Waals surface area (Å²) in [6, 6.07) is 2.85. The Morgan fingerprint density at radius 2 is 2.19 bits per heavy atom. The molecule has 16 heteroatoms. The fourth-order valence-corrected chi connectivity index (χ4v) is 3.36.